The van der Waals surface area contributed by atoms with E-state index in [1.54, 1.807) is 0 Å². The average molecular weight is 240 g/mol. The monoisotopic (exact) mass is 240 g/mol. The van der Waals surface area contributed by atoms with Gasteiger partial charge in [-0.2, -0.15) is 0 Å². The first kappa shape index (κ1) is 10.7. The summed E-state index contributed by atoms with van der Waals surface area (Å²) in [7, 11) is 0. The van der Waals surface area contributed by atoms with E-state index in [1.165, 1.54) is 0 Å². The fourth-order valence-electron chi connectivity index (χ4n) is 1.13. The molecule has 0 aliphatic rings. The van der Waals surface area contributed by atoms with Crippen molar-refractivity contribution in [3.63, 3.8) is 0 Å². The zero-order valence-electron chi connectivity index (χ0n) is 8.54. The molecule has 8 heteroatoms. The molecule has 84 valence electrons. The predicted molar refractivity (Wildman–Crippen MR) is 54.2 cm³/mol. The van der Waals surface area contributed by atoms with E-state index in [4.69, 9.17) is 9.52 Å². The van der Waals surface area contributed by atoms with Gasteiger partial charge in [-0.25, -0.2) is 4.79 Å². The van der Waals surface area contributed by atoms with E-state index in [2.05, 4.69) is 19.8 Å². The van der Waals surface area contributed by atoms with Crippen molar-refractivity contribution < 1.29 is 14.3 Å². The number of aromatic nitrogens is 4. The summed E-state index contributed by atoms with van der Waals surface area (Å²) in [5.74, 6) is -1.37. The summed E-state index contributed by atoms with van der Waals surface area (Å²) in [5.41, 5.74) is 0.727. The Morgan fingerprint density at radius 2 is 2.12 bits per heavy atom. The van der Waals surface area contributed by atoms with Gasteiger partial charge in [0.15, 0.2) is 0 Å². The van der Waals surface area contributed by atoms with E-state index in [0.717, 1.165) is 17.2 Å². The predicted octanol–water partition coefficient (Wildman–Crippen LogP) is 1.41. The lowest BCUT2D eigenvalue weighted by Gasteiger charge is -1.98. The van der Waals surface area contributed by atoms with Crippen molar-refractivity contribution in [2.75, 3.05) is 0 Å². The van der Waals surface area contributed by atoms with Gasteiger partial charge in [-0.05, 0) is 17.5 Å². The maximum Gasteiger partial charge on any atom is 0.393 e. The van der Waals surface area contributed by atoms with Crippen LogP contribution in [0, 0.1) is 0 Å². The molecule has 0 radical (unpaired) electrons. The highest BCUT2D eigenvalue weighted by Gasteiger charge is 2.21. The summed E-state index contributed by atoms with van der Waals surface area (Å²) in [6.07, 6.45) is 0. The van der Waals surface area contributed by atoms with Crippen LogP contribution in [0.25, 0.3) is 10.8 Å². The second-order valence-corrected chi connectivity index (χ2v) is 4.11. The zero-order valence-corrected chi connectivity index (χ0v) is 9.35. The molecular formula is C8H8N4O3S. The number of carboxylic acids is 1. The Balaban J connectivity index is 2.42. The summed E-state index contributed by atoms with van der Waals surface area (Å²) in [4.78, 5) is 11.2. The molecule has 7 nitrogen and oxygen atoms in total. The van der Waals surface area contributed by atoms with E-state index in [9.17, 15) is 4.79 Å². The van der Waals surface area contributed by atoms with Gasteiger partial charge in [0.25, 0.3) is 5.89 Å². The van der Waals surface area contributed by atoms with Crippen LogP contribution in [0.5, 0.6) is 0 Å². The minimum Gasteiger partial charge on any atom is -0.474 e. The Hall–Kier alpha value is -1.83. The molecule has 2 rings (SSSR count). The molecule has 2 aromatic rings. The number of hydrogen-bond acceptors (Lipinski definition) is 7. The van der Waals surface area contributed by atoms with Gasteiger partial charge in [0.1, 0.15) is 4.88 Å². The van der Waals surface area contributed by atoms with Crippen LogP contribution in [0.4, 0.5) is 0 Å². The molecule has 0 fully saturated rings. The normalized spacial score (nSPS) is 10.9. The van der Waals surface area contributed by atoms with Crippen LogP contribution < -0.4 is 0 Å². The largest absolute Gasteiger partial charge is 0.474 e. The molecule has 0 aromatic carbocycles. The van der Waals surface area contributed by atoms with Crippen molar-refractivity contribution in [2.24, 2.45) is 0 Å². The number of carbonyl (C=O) groups is 1. The summed E-state index contributed by atoms with van der Waals surface area (Å²) in [5, 5.41) is 19.7. The van der Waals surface area contributed by atoms with Crippen LogP contribution in [0.3, 0.4) is 0 Å². The summed E-state index contributed by atoms with van der Waals surface area (Å²) in [6.45, 7) is 3.91. The minimum atomic E-state index is -1.25. The zero-order chi connectivity index (χ0) is 11.7. The van der Waals surface area contributed by atoms with Gasteiger partial charge in [-0.1, -0.05) is 18.3 Å². The molecule has 16 heavy (non-hydrogen) atoms. The Morgan fingerprint density at radius 1 is 1.38 bits per heavy atom. The van der Waals surface area contributed by atoms with E-state index >= 15 is 0 Å². The molecule has 0 bridgehead atoms. The van der Waals surface area contributed by atoms with E-state index in [0.29, 0.717) is 4.88 Å². The summed E-state index contributed by atoms with van der Waals surface area (Å²) < 4.78 is 8.78. The fraction of sp³-hybridized carbons (Fsp3) is 0.375. The third kappa shape index (κ3) is 1.78. The second kappa shape index (κ2) is 3.97. The molecule has 2 aromatic heterocycles. The first-order valence-corrected chi connectivity index (χ1v) is 5.26. The van der Waals surface area contributed by atoms with Crippen LogP contribution in [0.1, 0.15) is 36.1 Å². The van der Waals surface area contributed by atoms with Gasteiger partial charge in [0, 0.05) is 0 Å². The highest BCUT2D eigenvalue weighted by molar-refractivity contribution is 7.09. The highest BCUT2D eigenvalue weighted by Crippen LogP contribution is 2.29. The number of nitrogens with zero attached hydrogens (tertiary/aromatic N) is 4. The summed E-state index contributed by atoms with van der Waals surface area (Å²) >= 11 is 1.11. The van der Waals surface area contributed by atoms with Gasteiger partial charge < -0.3 is 9.52 Å². The van der Waals surface area contributed by atoms with Crippen LogP contribution in [0.2, 0.25) is 0 Å². The SMILES string of the molecule is CC(C)c1nnsc1-c1nnc(C(=O)O)o1. The molecule has 0 saturated heterocycles. The lowest BCUT2D eigenvalue weighted by molar-refractivity contribution is 0.0654. The van der Waals surface area contributed by atoms with Crippen molar-refractivity contribution in [1.82, 2.24) is 19.8 Å². The Bertz CT molecular complexity index is 519. The molecular weight excluding hydrogens is 232 g/mol. The molecule has 0 atom stereocenters. The molecule has 0 spiro atoms. The Kier molecular flexibility index (Phi) is 2.65. The first-order valence-electron chi connectivity index (χ1n) is 4.49. The number of rotatable bonds is 3. The van der Waals surface area contributed by atoms with Gasteiger partial charge in [-0.3, -0.25) is 0 Å². The van der Waals surface area contributed by atoms with Crippen LogP contribution in [0.15, 0.2) is 4.42 Å². The second-order valence-electron chi connectivity index (χ2n) is 3.36. The quantitative estimate of drug-likeness (QED) is 0.865. The van der Waals surface area contributed by atoms with Gasteiger partial charge >= 0.3 is 11.9 Å². The maximum absolute atomic E-state index is 10.6. The number of carboxylic acid groups (broad SMARTS) is 1. The van der Waals surface area contributed by atoms with Crippen LogP contribution in [-0.2, 0) is 0 Å². The van der Waals surface area contributed by atoms with Gasteiger partial charge in [-0.15, -0.1) is 15.3 Å². The summed E-state index contributed by atoms with van der Waals surface area (Å²) in [6, 6.07) is 0. The lowest BCUT2D eigenvalue weighted by atomic mass is 10.1. The third-order valence-electron chi connectivity index (χ3n) is 1.86. The van der Waals surface area contributed by atoms with E-state index in [1.807, 2.05) is 13.8 Å². The maximum atomic E-state index is 10.6. The number of hydrogen-bond donors (Lipinski definition) is 1. The fourth-order valence-corrected chi connectivity index (χ4v) is 1.87. The topological polar surface area (TPSA) is 102 Å². The Morgan fingerprint density at radius 3 is 2.69 bits per heavy atom. The van der Waals surface area contributed by atoms with Crippen molar-refractivity contribution in [3.05, 3.63) is 11.6 Å². The van der Waals surface area contributed by atoms with Crippen molar-refractivity contribution >= 4 is 17.5 Å². The van der Waals surface area contributed by atoms with Gasteiger partial charge in [0.05, 0.1) is 5.69 Å². The van der Waals surface area contributed by atoms with Crippen LogP contribution in [-0.4, -0.2) is 30.9 Å². The molecule has 2 heterocycles. The van der Waals surface area contributed by atoms with E-state index in [-0.39, 0.29) is 11.8 Å². The van der Waals surface area contributed by atoms with Crippen molar-refractivity contribution in [3.8, 4) is 10.8 Å². The molecule has 0 saturated carbocycles. The molecule has 1 N–H and O–H groups in total. The van der Waals surface area contributed by atoms with Gasteiger partial charge in [0.2, 0.25) is 0 Å². The molecule has 0 unspecified atom stereocenters. The average Bonchev–Trinajstić information content (AvgIpc) is 2.86. The van der Waals surface area contributed by atoms with Crippen molar-refractivity contribution in [1.29, 1.82) is 0 Å². The number of aromatic carboxylic acids is 1. The Labute approximate surface area is 94.3 Å². The third-order valence-corrected chi connectivity index (χ3v) is 2.59. The minimum absolute atomic E-state index is 0.149. The van der Waals surface area contributed by atoms with Crippen molar-refractivity contribution in [2.45, 2.75) is 19.8 Å². The molecule has 0 amide bonds. The van der Waals surface area contributed by atoms with E-state index < -0.39 is 11.9 Å². The first-order chi connectivity index (χ1) is 7.59. The lowest BCUT2D eigenvalue weighted by Crippen LogP contribution is -1.95. The smallest absolute Gasteiger partial charge is 0.393 e. The highest BCUT2D eigenvalue weighted by atomic mass is 32.1. The molecule has 0 aliphatic heterocycles. The molecule has 0 aliphatic carbocycles. The standard InChI is InChI=1S/C8H8N4O3S/c1-3(2)4-5(16-12-9-4)6-10-11-7(15-6)8(13)14/h3H,1-2H3,(H,13,14). The van der Waals surface area contributed by atoms with Crippen LogP contribution >= 0.6 is 11.5 Å².